The molecule has 1 atom stereocenters. The van der Waals surface area contributed by atoms with Gasteiger partial charge in [0.05, 0.1) is 18.8 Å². The molecule has 0 fully saturated rings. The van der Waals surface area contributed by atoms with Crippen molar-refractivity contribution in [2.75, 3.05) is 26.0 Å². The molecule has 1 heterocycles. The number of amides is 3. The fraction of sp³-hybridized carbons (Fsp3) is 0.208. The van der Waals surface area contributed by atoms with Crippen molar-refractivity contribution in [3.05, 3.63) is 89.9 Å². The lowest BCUT2D eigenvalue weighted by atomic mass is 10.1. The van der Waals surface area contributed by atoms with Crippen molar-refractivity contribution < 1.29 is 18.8 Å². The van der Waals surface area contributed by atoms with Crippen LogP contribution in [0.25, 0.3) is 0 Å². The number of carbonyl (C=O) groups is 3. The highest BCUT2D eigenvalue weighted by atomic mass is 16.3. The third-order valence-corrected chi connectivity index (χ3v) is 5.09. The number of hydrogen-bond donors (Lipinski definition) is 1. The quantitative estimate of drug-likeness (QED) is 0.631. The van der Waals surface area contributed by atoms with Crippen LogP contribution in [-0.4, -0.2) is 48.2 Å². The van der Waals surface area contributed by atoms with Crippen LogP contribution >= 0.6 is 0 Å². The van der Waals surface area contributed by atoms with E-state index < -0.39 is 0 Å². The molecule has 0 radical (unpaired) electrons. The summed E-state index contributed by atoms with van der Waals surface area (Å²) in [6.45, 7) is 1.81. The predicted molar refractivity (Wildman–Crippen MR) is 118 cm³/mol. The lowest BCUT2D eigenvalue weighted by molar-refractivity contribution is -0.132. The molecule has 0 aliphatic carbocycles. The first-order chi connectivity index (χ1) is 14.9. The van der Waals surface area contributed by atoms with Crippen LogP contribution in [0.4, 0.5) is 5.69 Å². The van der Waals surface area contributed by atoms with Crippen LogP contribution in [0.3, 0.4) is 0 Å². The summed E-state index contributed by atoms with van der Waals surface area (Å²) < 4.78 is 5.10. The number of nitrogens with zero attached hydrogens (tertiary/aromatic N) is 2. The van der Waals surface area contributed by atoms with E-state index in [9.17, 15) is 14.4 Å². The summed E-state index contributed by atoms with van der Waals surface area (Å²) in [4.78, 5) is 40.3. The van der Waals surface area contributed by atoms with Crippen molar-refractivity contribution in [2.45, 2.75) is 13.0 Å². The normalized spacial score (nSPS) is 11.5. The summed E-state index contributed by atoms with van der Waals surface area (Å²) in [5.41, 5.74) is 2.07. The minimum atomic E-state index is -0.356. The highest BCUT2D eigenvalue weighted by Gasteiger charge is 2.22. The van der Waals surface area contributed by atoms with E-state index in [1.807, 2.05) is 43.3 Å². The Morgan fingerprint density at radius 1 is 0.968 bits per heavy atom. The highest BCUT2D eigenvalue weighted by molar-refractivity contribution is 6.04. The zero-order chi connectivity index (χ0) is 22.4. The monoisotopic (exact) mass is 419 g/mol. The molecule has 1 N–H and O–H groups in total. The Bertz CT molecular complexity index is 1050. The minimum Gasteiger partial charge on any atom is -0.459 e. The van der Waals surface area contributed by atoms with Gasteiger partial charge in [-0.05, 0) is 48.9 Å². The Hall–Kier alpha value is -3.87. The molecular formula is C24H25N3O4. The Balaban J connectivity index is 1.64. The molecule has 2 aromatic carbocycles. The van der Waals surface area contributed by atoms with Crippen molar-refractivity contribution in [3.8, 4) is 0 Å². The van der Waals surface area contributed by atoms with Crippen molar-refractivity contribution in [1.29, 1.82) is 0 Å². The molecule has 7 heteroatoms. The average Bonchev–Trinajstić information content (AvgIpc) is 3.33. The fourth-order valence-electron chi connectivity index (χ4n) is 3.08. The summed E-state index contributed by atoms with van der Waals surface area (Å²) in [5, 5.41) is 2.88. The minimum absolute atomic E-state index is 0.0786. The summed E-state index contributed by atoms with van der Waals surface area (Å²) in [7, 11) is 3.24. The van der Waals surface area contributed by atoms with E-state index in [1.165, 1.54) is 11.2 Å². The maximum Gasteiger partial charge on any atom is 0.289 e. The summed E-state index contributed by atoms with van der Waals surface area (Å²) >= 11 is 0. The van der Waals surface area contributed by atoms with Gasteiger partial charge in [0.25, 0.3) is 11.8 Å². The zero-order valence-electron chi connectivity index (χ0n) is 17.7. The molecule has 0 spiro atoms. The Morgan fingerprint density at radius 3 is 2.39 bits per heavy atom. The second-order valence-electron chi connectivity index (χ2n) is 7.26. The molecule has 3 amide bonds. The molecule has 1 aromatic heterocycles. The Morgan fingerprint density at radius 2 is 1.71 bits per heavy atom. The standard InChI is InChI=1S/C24H25N3O4/c1-17(27(3)22(28)16-26(2)24(30)21-13-8-14-31-21)19-11-7-12-20(15-19)25-23(29)18-9-5-4-6-10-18/h4-15,17H,16H2,1-3H3,(H,25,29). The van der Waals surface area contributed by atoms with Crippen LogP contribution in [-0.2, 0) is 4.79 Å². The summed E-state index contributed by atoms with van der Waals surface area (Å²) in [6.07, 6.45) is 1.42. The van der Waals surface area contributed by atoms with E-state index in [0.717, 1.165) is 5.56 Å². The van der Waals surface area contributed by atoms with E-state index in [0.29, 0.717) is 11.3 Å². The van der Waals surface area contributed by atoms with Crippen molar-refractivity contribution in [2.24, 2.45) is 0 Å². The van der Waals surface area contributed by atoms with Crippen molar-refractivity contribution in [3.63, 3.8) is 0 Å². The topological polar surface area (TPSA) is 82.9 Å². The first kappa shape index (κ1) is 21.8. The fourth-order valence-corrected chi connectivity index (χ4v) is 3.08. The smallest absolute Gasteiger partial charge is 0.289 e. The van der Waals surface area contributed by atoms with E-state index in [1.54, 1.807) is 49.3 Å². The van der Waals surface area contributed by atoms with Crippen LogP contribution in [0.5, 0.6) is 0 Å². The summed E-state index contributed by atoms with van der Waals surface area (Å²) in [6, 6.07) is 19.3. The second kappa shape index (κ2) is 9.75. The molecule has 0 bridgehead atoms. The van der Waals surface area contributed by atoms with Crippen LogP contribution in [0.15, 0.2) is 77.4 Å². The van der Waals surface area contributed by atoms with E-state index in [4.69, 9.17) is 4.42 Å². The second-order valence-corrected chi connectivity index (χ2v) is 7.26. The maximum atomic E-state index is 12.7. The van der Waals surface area contributed by atoms with Crippen molar-refractivity contribution >= 4 is 23.4 Å². The first-order valence-corrected chi connectivity index (χ1v) is 9.88. The predicted octanol–water partition coefficient (Wildman–Crippen LogP) is 3.82. The molecule has 7 nitrogen and oxygen atoms in total. The number of hydrogen-bond acceptors (Lipinski definition) is 4. The van der Waals surface area contributed by atoms with Gasteiger partial charge in [0.2, 0.25) is 5.91 Å². The number of rotatable bonds is 7. The third-order valence-electron chi connectivity index (χ3n) is 5.09. The molecule has 31 heavy (non-hydrogen) atoms. The maximum absolute atomic E-state index is 12.7. The van der Waals surface area contributed by atoms with Gasteiger partial charge in [0.1, 0.15) is 0 Å². The van der Waals surface area contributed by atoms with Crippen LogP contribution in [0.1, 0.15) is 39.4 Å². The van der Waals surface area contributed by atoms with Gasteiger partial charge in [-0.3, -0.25) is 14.4 Å². The Labute approximate surface area is 181 Å². The van der Waals surface area contributed by atoms with Gasteiger partial charge >= 0.3 is 0 Å². The number of furan rings is 1. The third kappa shape index (κ3) is 5.39. The zero-order valence-corrected chi connectivity index (χ0v) is 17.7. The molecule has 160 valence electrons. The van der Waals surface area contributed by atoms with Crippen molar-refractivity contribution in [1.82, 2.24) is 9.80 Å². The molecule has 0 saturated heterocycles. The lowest BCUT2D eigenvalue weighted by Crippen LogP contribution is -2.40. The molecule has 0 saturated carbocycles. The van der Waals surface area contributed by atoms with E-state index in [-0.39, 0.29) is 36.1 Å². The van der Waals surface area contributed by atoms with Gasteiger partial charge in [-0.25, -0.2) is 0 Å². The lowest BCUT2D eigenvalue weighted by Gasteiger charge is -2.27. The number of likely N-dealkylation sites (N-methyl/N-ethyl adjacent to an activating group) is 2. The number of carbonyl (C=O) groups excluding carboxylic acids is 3. The molecule has 0 aliphatic heterocycles. The number of anilines is 1. The largest absolute Gasteiger partial charge is 0.459 e. The number of benzene rings is 2. The van der Waals surface area contributed by atoms with E-state index >= 15 is 0 Å². The summed E-state index contributed by atoms with van der Waals surface area (Å²) in [5.74, 6) is -0.584. The first-order valence-electron chi connectivity index (χ1n) is 9.88. The molecule has 3 aromatic rings. The van der Waals surface area contributed by atoms with Gasteiger partial charge in [0, 0.05) is 25.3 Å². The molecule has 1 unspecified atom stereocenters. The molecular weight excluding hydrogens is 394 g/mol. The Kier molecular flexibility index (Phi) is 6.87. The van der Waals surface area contributed by atoms with Crippen LogP contribution in [0, 0.1) is 0 Å². The molecule has 0 aliphatic rings. The van der Waals surface area contributed by atoms with Crippen LogP contribution in [0.2, 0.25) is 0 Å². The van der Waals surface area contributed by atoms with Gasteiger partial charge < -0.3 is 19.5 Å². The number of nitrogens with one attached hydrogen (secondary N) is 1. The molecule has 3 rings (SSSR count). The average molecular weight is 419 g/mol. The van der Waals surface area contributed by atoms with Gasteiger partial charge in [-0.2, -0.15) is 0 Å². The van der Waals surface area contributed by atoms with Gasteiger partial charge in [-0.1, -0.05) is 30.3 Å². The highest BCUT2D eigenvalue weighted by Crippen LogP contribution is 2.22. The van der Waals surface area contributed by atoms with E-state index in [2.05, 4.69) is 5.32 Å². The van der Waals surface area contributed by atoms with Crippen LogP contribution < -0.4 is 5.32 Å². The van der Waals surface area contributed by atoms with Gasteiger partial charge in [-0.15, -0.1) is 0 Å². The van der Waals surface area contributed by atoms with Gasteiger partial charge in [0.15, 0.2) is 5.76 Å². The SMILES string of the molecule is CC(c1cccc(NC(=O)c2ccccc2)c1)N(C)C(=O)CN(C)C(=O)c1ccco1.